The Hall–Kier alpha value is -8.18. The first kappa shape index (κ1) is 51.2. The highest BCUT2D eigenvalue weighted by molar-refractivity contribution is 6.12. The predicted molar refractivity (Wildman–Crippen MR) is 254 cm³/mol. The van der Waals surface area contributed by atoms with Gasteiger partial charge in [0.1, 0.15) is 31.8 Å². The molecule has 0 saturated carbocycles. The van der Waals surface area contributed by atoms with Gasteiger partial charge in [0.15, 0.2) is 6.10 Å². The van der Waals surface area contributed by atoms with Gasteiger partial charge in [-0.05, 0) is 60.9 Å². The summed E-state index contributed by atoms with van der Waals surface area (Å²) in [5, 5.41) is 26.5. The standard InChI is InChI=1S/C50H52FN9O13/c1-26-28-11-12-33(45-30-22-60-36(46(30)58-34(44(28)45)18-32(26)51)17-29-31(49(60)70)23-73-50(71)47(29)68)56-41(65)24-72-25-55-39(63)20-54-48(69)35(16-27-8-4-2-5-9-27)57-40(64)21-53-38(62)19-52-37(61)10-6-3-7-15-59-42(66)13-14-43(59)67/h2,4-5,8-9,13-14,17-18,33,35,47,68H,3,6-7,10-12,15-16,19-25H2,1H3,(H,52,61)(H,53,62)(H,54,69)(H,55,63)(H,56,65)(H,57,64)/t33-,35-,47?/m0/s1. The molecule has 23 heteroatoms. The predicted octanol–water partition coefficient (Wildman–Crippen LogP) is -0.282. The molecule has 5 heterocycles. The molecular weight excluding hydrogens is 954 g/mol. The van der Waals surface area contributed by atoms with Crippen molar-refractivity contribution in [2.24, 2.45) is 0 Å². The van der Waals surface area contributed by atoms with E-state index >= 15 is 4.39 Å². The summed E-state index contributed by atoms with van der Waals surface area (Å²) in [6.07, 6.45) is 3.21. The minimum absolute atomic E-state index is 0.0374. The van der Waals surface area contributed by atoms with E-state index < -0.39 is 104 Å². The number of imide groups is 1. The summed E-state index contributed by atoms with van der Waals surface area (Å²) in [5.41, 5.74) is 3.86. The minimum atomic E-state index is -1.67. The van der Waals surface area contributed by atoms with Crippen molar-refractivity contribution >= 4 is 64.1 Å². The largest absolute Gasteiger partial charge is 0.458 e. The van der Waals surface area contributed by atoms with Crippen LogP contribution in [0.4, 0.5) is 4.39 Å². The number of ether oxygens (including phenoxy) is 2. The third-order valence-corrected chi connectivity index (χ3v) is 13.0. The fourth-order valence-electron chi connectivity index (χ4n) is 9.31. The molecule has 22 nitrogen and oxygen atoms in total. The summed E-state index contributed by atoms with van der Waals surface area (Å²) >= 11 is 0. The van der Waals surface area contributed by atoms with Crippen LogP contribution >= 0.6 is 0 Å². The minimum Gasteiger partial charge on any atom is -0.458 e. The molecule has 8 rings (SSSR count). The van der Waals surface area contributed by atoms with E-state index in [1.165, 1.54) is 28.9 Å². The SMILES string of the molecule is Cc1c(F)cc2nc3c(c4c2c1CC[C@@H]4NC(=O)COCNC(=O)CNC(=O)[C@H](Cc1ccccc1)NC(=O)CNC(=O)CNC(=O)CCCCCN1C(=O)C=CC1=O)Cn1c-3cc2c(c1=O)COC(=O)C2O. The van der Waals surface area contributed by atoms with Crippen molar-refractivity contribution in [2.45, 2.75) is 83.2 Å². The molecule has 4 aromatic rings. The molecular formula is C50H52FN9O13. The molecule has 73 heavy (non-hydrogen) atoms. The number of rotatable bonds is 21. The maximum atomic E-state index is 15.3. The molecule has 8 amide bonds. The van der Waals surface area contributed by atoms with Gasteiger partial charge in [0.05, 0.1) is 54.7 Å². The summed E-state index contributed by atoms with van der Waals surface area (Å²) < 4.78 is 27.2. The van der Waals surface area contributed by atoms with Gasteiger partial charge in [0.25, 0.3) is 17.4 Å². The Morgan fingerprint density at radius 1 is 0.849 bits per heavy atom. The second-order valence-electron chi connectivity index (χ2n) is 17.9. The van der Waals surface area contributed by atoms with E-state index in [0.717, 1.165) is 10.5 Å². The lowest BCUT2D eigenvalue weighted by Crippen LogP contribution is -2.52. The summed E-state index contributed by atoms with van der Waals surface area (Å²) in [7, 11) is 0. The average molecular weight is 1010 g/mol. The van der Waals surface area contributed by atoms with Gasteiger partial charge in [-0.2, -0.15) is 0 Å². The number of amides is 8. The van der Waals surface area contributed by atoms with Gasteiger partial charge in [-0.25, -0.2) is 14.2 Å². The van der Waals surface area contributed by atoms with Gasteiger partial charge in [0.2, 0.25) is 35.4 Å². The van der Waals surface area contributed by atoms with E-state index in [1.807, 2.05) is 0 Å². The van der Waals surface area contributed by atoms with E-state index in [9.17, 15) is 53.1 Å². The Bertz CT molecular complexity index is 3010. The number of carbonyl (C=O) groups is 9. The molecule has 2 aromatic heterocycles. The molecule has 0 saturated heterocycles. The Kier molecular flexibility index (Phi) is 15.8. The Morgan fingerprint density at radius 3 is 2.33 bits per heavy atom. The van der Waals surface area contributed by atoms with Crippen molar-refractivity contribution in [1.82, 2.24) is 46.4 Å². The van der Waals surface area contributed by atoms with Crippen LogP contribution in [-0.4, -0.2) is 118 Å². The zero-order valence-electron chi connectivity index (χ0n) is 39.6. The van der Waals surface area contributed by atoms with Crippen molar-refractivity contribution in [3.63, 3.8) is 0 Å². The van der Waals surface area contributed by atoms with Gasteiger partial charge in [0, 0.05) is 54.1 Å². The van der Waals surface area contributed by atoms with Crippen LogP contribution in [0.2, 0.25) is 0 Å². The molecule has 382 valence electrons. The molecule has 3 aliphatic heterocycles. The quantitative estimate of drug-likeness (QED) is 0.0215. The molecule has 0 bridgehead atoms. The molecule has 2 aromatic carbocycles. The van der Waals surface area contributed by atoms with Crippen molar-refractivity contribution in [1.29, 1.82) is 0 Å². The fourth-order valence-corrected chi connectivity index (χ4v) is 9.31. The molecule has 0 fully saturated rings. The normalized spacial score (nSPS) is 16.5. The zero-order valence-corrected chi connectivity index (χ0v) is 39.6. The van der Waals surface area contributed by atoms with Crippen molar-refractivity contribution in [2.75, 3.05) is 39.5 Å². The Balaban J connectivity index is 0.792. The Labute approximate surface area is 415 Å². The maximum absolute atomic E-state index is 15.3. The number of unbranched alkanes of at least 4 members (excludes halogenated alkanes) is 2. The first-order valence-electron chi connectivity index (χ1n) is 23.7. The third-order valence-electron chi connectivity index (χ3n) is 13.0. The number of benzene rings is 2. The summed E-state index contributed by atoms with van der Waals surface area (Å²) in [6, 6.07) is 9.78. The third kappa shape index (κ3) is 11.6. The number of halogens is 1. The van der Waals surface area contributed by atoms with Crippen LogP contribution < -0.4 is 37.5 Å². The number of nitrogens with one attached hydrogen (secondary N) is 6. The van der Waals surface area contributed by atoms with Gasteiger partial charge >= 0.3 is 5.97 Å². The fraction of sp³-hybridized carbons (Fsp3) is 0.380. The number of nitrogens with zero attached hydrogens (tertiary/aromatic N) is 3. The highest BCUT2D eigenvalue weighted by atomic mass is 19.1. The molecule has 4 aliphatic rings. The summed E-state index contributed by atoms with van der Waals surface area (Å²) in [4.78, 5) is 132. The van der Waals surface area contributed by atoms with Gasteiger partial charge in [-0.3, -0.25) is 48.1 Å². The number of cyclic esters (lactones) is 1. The highest BCUT2D eigenvalue weighted by Gasteiger charge is 2.38. The van der Waals surface area contributed by atoms with Crippen LogP contribution in [0.25, 0.3) is 22.3 Å². The molecule has 7 N–H and O–H groups in total. The van der Waals surface area contributed by atoms with Crippen LogP contribution in [0, 0.1) is 12.7 Å². The topological polar surface area (TPSA) is 303 Å². The second kappa shape index (κ2) is 22.5. The molecule has 0 spiro atoms. The molecule has 1 unspecified atom stereocenters. The number of pyridine rings is 2. The van der Waals surface area contributed by atoms with E-state index in [2.05, 4.69) is 31.9 Å². The molecule has 3 atom stereocenters. The first-order chi connectivity index (χ1) is 35.1. The Morgan fingerprint density at radius 2 is 1.56 bits per heavy atom. The van der Waals surface area contributed by atoms with Crippen LogP contribution in [0.15, 0.2) is 59.4 Å². The van der Waals surface area contributed by atoms with Crippen LogP contribution in [0.5, 0.6) is 0 Å². The zero-order chi connectivity index (χ0) is 51.9. The number of esters is 1. The van der Waals surface area contributed by atoms with Crippen LogP contribution in [-0.2, 0) is 78.6 Å². The number of aryl methyl sites for hydroxylation is 1. The average Bonchev–Trinajstić information content (AvgIpc) is 3.91. The van der Waals surface area contributed by atoms with Crippen molar-refractivity contribution < 1.29 is 62.1 Å². The number of carbonyl (C=O) groups excluding carboxylic acids is 9. The smallest absolute Gasteiger partial charge is 0.340 e. The van der Waals surface area contributed by atoms with E-state index in [0.29, 0.717) is 76.6 Å². The van der Waals surface area contributed by atoms with E-state index in [4.69, 9.17) is 14.5 Å². The van der Waals surface area contributed by atoms with Crippen LogP contribution in [0.1, 0.15) is 83.2 Å². The number of fused-ring (bicyclic) bond motifs is 5. The van der Waals surface area contributed by atoms with Gasteiger partial charge < -0.3 is 51.0 Å². The summed E-state index contributed by atoms with van der Waals surface area (Å²) in [6.45, 7) is -0.701. The lowest BCUT2D eigenvalue weighted by molar-refractivity contribution is -0.157. The van der Waals surface area contributed by atoms with E-state index in [-0.39, 0.29) is 55.5 Å². The molecule has 0 radical (unpaired) electrons. The lowest BCUT2D eigenvalue weighted by atomic mass is 9.81. The van der Waals surface area contributed by atoms with Gasteiger partial charge in [-0.15, -0.1) is 0 Å². The van der Waals surface area contributed by atoms with Crippen LogP contribution in [0.3, 0.4) is 0 Å². The number of aromatic nitrogens is 2. The lowest BCUT2D eigenvalue weighted by Gasteiger charge is -2.29. The second-order valence-corrected chi connectivity index (χ2v) is 17.9. The maximum Gasteiger partial charge on any atom is 0.340 e. The monoisotopic (exact) mass is 1010 g/mol. The van der Waals surface area contributed by atoms with Crippen molar-refractivity contribution in [3.05, 3.63) is 110 Å². The van der Waals surface area contributed by atoms with Gasteiger partial charge in [-0.1, -0.05) is 36.8 Å². The number of hydrogen-bond donors (Lipinski definition) is 7. The summed E-state index contributed by atoms with van der Waals surface area (Å²) in [5.74, 6) is -5.81. The molecule has 1 aliphatic carbocycles. The number of aliphatic hydroxyl groups is 1. The number of aliphatic hydroxyl groups excluding tert-OH is 1. The van der Waals surface area contributed by atoms with Crippen molar-refractivity contribution in [3.8, 4) is 11.4 Å². The van der Waals surface area contributed by atoms with E-state index in [1.54, 1.807) is 37.3 Å². The highest BCUT2D eigenvalue weighted by Crippen LogP contribution is 2.45. The first-order valence-corrected chi connectivity index (χ1v) is 23.7. The number of hydrogen-bond acceptors (Lipinski definition) is 14.